The third kappa shape index (κ3) is 2.78. The summed E-state index contributed by atoms with van der Waals surface area (Å²) in [6.07, 6.45) is 0. The van der Waals surface area contributed by atoms with E-state index in [-0.39, 0.29) is 0 Å². The highest BCUT2D eigenvalue weighted by Gasteiger charge is 2.10. The molecule has 0 bridgehead atoms. The van der Waals surface area contributed by atoms with Crippen LogP contribution in [0.3, 0.4) is 0 Å². The maximum atomic E-state index is 11.4. The second-order valence-electron chi connectivity index (χ2n) is 3.59. The molecule has 4 N–H and O–H groups in total. The molecule has 0 heterocycles. The van der Waals surface area contributed by atoms with Crippen molar-refractivity contribution in [3.63, 3.8) is 0 Å². The van der Waals surface area contributed by atoms with Gasteiger partial charge in [-0.25, -0.2) is 16.1 Å². The van der Waals surface area contributed by atoms with Gasteiger partial charge in [0.05, 0.1) is 11.4 Å². The van der Waals surface area contributed by atoms with Gasteiger partial charge in [-0.2, -0.15) is 0 Å². The Kier molecular flexibility index (Phi) is 3.78. The molecule has 5 nitrogen and oxygen atoms in total. The normalized spacial score (nSPS) is 9.61. The molecule has 2 rings (SSSR count). The largest absolute Gasteiger partial charge is 0.348 e. The predicted octanol–water partition coefficient (Wildman–Crippen LogP) is 1.91. The number of urea groups is 1. The Bertz CT molecular complexity index is 461. The molecule has 0 aliphatic heterocycles. The quantitative estimate of drug-likeness (QED) is 0.437. The van der Waals surface area contributed by atoms with Crippen LogP contribution < -0.4 is 21.7 Å². The first-order valence-electron chi connectivity index (χ1n) is 5.48. The lowest BCUT2D eigenvalue weighted by atomic mass is 10.2. The molecule has 0 atom stereocenters. The number of anilines is 2. The van der Waals surface area contributed by atoms with Crippen molar-refractivity contribution < 1.29 is 4.79 Å². The predicted molar refractivity (Wildman–Crippen MR) is 70.9 cm³/mol. The fourth-order valence-corrected chi connectivity index (χ4v) is 1.57. The highest BCUT2D eigenvalue weighted by atomic mass is 16.2. The highest BCUT2D eigenvalue weighted by molar-refractivity contribution is 5.78. The lowest BCUT2D eigenvalue weighted by Crippen LogP contribution is -2.47. The third-order valence-corrected chi connectivity index (χ3v) is 2.37. The number of benzene rings is 2. The SMILES string of the molecule is NNC(=O)NN(c1ccccc1)c1ccccc1. The summed E-state index contributed by atoms with van der Waals surface area (Å²) in [5.74, 6) is 5.09. The second-order valence-corrected chi connectivity index (χ2v) is 3.59. The average molecular weight is 242 g/mol. The molecule has 0 aliphatic rings. The van der Waals surface area contributed by atoms with E-state index in [1.165, 1.54) is 0 Å². The van der Waals surface area contributed by atoms with Crippen molar-refractivity contribution in [2.45, 2.75) is 0 Å². The number of carbonyl (C=O) groups is 1. The number of hydrazine groups is 2. The van der Waals surface area contributed by atoms with E-state index in [0.717, 1.165) is 11.4 Å². The van der Waals surface area contributed by atoms with Gasteiger partial charge in [0, 0.05) is 0 Å². The maximum Gasteiger partial charge on any atom is 0.348 e. The van der Waals surface area contributed by atoms with Crippen molar-refractivity contribution in [2.75, 3.05) is 5.01 Å². The standard InChI is InChI=1S/C13H14N4O/c14-15-13(18)16-17(11-7-3-1-4-8-11)12-9-5-2-6-10-12/h1-10H,14H2,(H2,15,16,18). The summed E-state index contributed by atoms with van der Waals surface area (Å²) in [6.45, 7) is 0. The van der Waals surface area contributed by atoms with Gasteiger partial charge in [-0.1, -0.05) is 36.4 Å². The Hall–Kier alpha value is -2.53. The first-order chi connectivity index (χ1) is 8.81. The van der Waals surface area contributed by atoms with Crippen LogP contribution in [0.5, 0.6) is 0 Å². The summed E-state index contributed by atoms with van der Waals surface area (Å²) in [4.78, 5) is 11.4. The molecule has 18 heavy (non-hydrogen) atoms. The Morgan fingerprint density at radius 1 is 0.889 bits per heavy atom. The molecule has 0 aromatic heterocycles. The molecular formula is C13H14N4O. The number of hydrogen-bond acceptors (Lipinski definition) is 3. The molecule has 5 heteroatoms. The Labute approximate surface area is 105 Å². The molecule has 0 fully saturated rings. The molecular weight excluding hydrogens is 228 g/mol. The molecule has 0 saturated heterocycles. The van der Waals surface area contributed by atoms with Gasteiger partial charge in [0.25, 0.3) is 0 Å². The Balaban J connectivity index is 2.32. The first kappa shape index (κ1) is 11.9. The van der Waals surface area contributed by atoms with E-state index >= 15 is 0 Å². The van der Waals surface area contributed by atoms with Gasteiger partial charge < -0.3 is 0 Å². The summed E-state index contributed by atoms with van der Waals surface area (Å²) in [5.41, 5.74) is 6.38. The molecule has 2 aromatic carbocycles. The number of hydrogen-bond donors (Lipinski definition) is 3. The van der Waals surface area contributed by atoms with Crippen molar-refractivity contribution in [3.8, 4) is 0 Å². The van der Waals surface area contributed by atoms with Crippen molar-refractivity contribution in [3.05, 3.63) is 60.7 Å². The van der Waals surface area contributed by atoms with Gasteiger partial charge in [0.1, 0.15) is 0 Å². The number of amides is 2. The first-order valence-corrected chi connectivity index (χ1v) is 5.48. The van der Waals surface area contributed by atoms with E-state index in [1.807, 2.05) is 66.1 Å². The fourth-order valence-electron chi connectivity index (χ4n) is 1.57. The molecule has 0 spiro atoms. The van der Waals surface area contributed by atoms with Crippen LogP contribution in [0.4, 0.5) is 16.2 Å². The molecule has 92 valence electrons. The fraction of sp³-hybridized carbons (Fsp3) is 0. The Morgan fingerprint density at radius 2 is 1.33 bits per heavy atom. The molecule has 2 aromatic rings. The van der Waals surface area contributed by atoms with Crippen molar-refractivity contribution in [1.29, 1.82) is 0 Å². The number of nitrogens with one attached hydrogen (secondary N) is 2. The average Bonchev–Trinajstić information content (AvgIpc) is 2.46. The zero-order chi connectivity index (χ0) is 12.8. The summed E-state index contributed by atoms with van der Waals surface area (Å²) in [6, 6.07) is 18.5. The van der Waals surface area contributed by atoms with E-state index < -0.39 is 6.03 Å². The number of carbonyl (C=O) groups excluding carboxylic acids is 1. The van der Waals surface area contributed by atoms with E-state index in [2.05, 4.69) is 5.43 Å². The lowest BCUT2D eigenvalue weighted by Gasteiger charge is -2.24. The molecule has 0 radical (unpaired) electrons. The minimum atomic E-state index is -0.484. The van der Waals surface area contributed by atoms with E-state index in [9.17, 15) is 4.79 Å². The van der Waals surface area contributed by atoms with E-state index in [4.69, 9.17) is 5.84 Å². The van der Waals surface area contributed by atoms with Gasteiger partial charge >= 0.3 is 6.03 Å². The summed E-state index contributed by atoms with van der Waals surface area (Å²) in [7, 11) is 0. The molecule has 0 unspecified atom stereocenters. The second kappa shape index (κ2) is 5.70. The summed E-state index contributed by atoms with van der Waals surface area (Å²) in [5, 5.41) is 1.65. The van der Waals surface area contributed by atoms with Gasteiger partial charge in [-0.05, 0) is 24.3 Å². The lowest BCUT2D eigenvalue weighted by molar-refractivity contribution is 0.241. The van der Waals surface area contributed by atoms with Crippen molar-refractivity contribution in [2.24, 2.45) is 5.84 Å². The van der Waals surface area contributed by atoms with Crippen LogP contribution in [0, 0.1) is 0 Å². The zero-order valence-electron chi connectivity index (χ0n) is 9.71. The number of nitrogens with two attached hydrogens (primary N) is 1. The van der Waals surface area contributed by atoms with Gasteiger partial charge in [-0.3, -0.25) is 10.4 Å². The van der Waals surface area contributed by atoms with E-state index in [1.54, 1.807) is 5.01 Å². The number of rotatable bonds is 3. The van der Waals surface area contributed by atoms with Gasteiger partial charge in [-0.15, -0.1) is 0 Å². The van der Waals surface area contributed by atoms with Crippen LogP contribution >= 0.6 is 0 Å². The molecule has 0 aliphatic carbocycles. The smallest absolute Gasteiger partial charge is 0.275 e. The topological polar surface area (TPSA) is 70.4 Å². The molecule has 0 saturated carbocycles. The summed E-state index contributed by atoms with van der Waals surface area (Å²) >= 11 is 0. The van der Waals surface area contributed by atoms with Gasteiger partial charge in [0.15, 0.2) is 0 Å². The van der Waals surface area contributed by atoms with Crippen LogP contribution in [0.15, 0.2) is 60.7 Å². The van der Waals surface area contributed by atoms with E-state index in [0.29, 0.717) is 0 Å². The number of nitrogens with zero attached hydrogens (tertiary/aromatic N) is 1. The monoisotopic (exact) mass is 242 g/mol. The summed E-state index contributed by atoms with van der Waals surface area (Å²) < 4.78 is 0. The number of para-hydroxylation sites is 2. The Morgan fingerprint density at radius 3 is 1.72 bits per heavy atom. The third-order valence-electron chi connectivity index (χ3n) is 2.37. The van der Waals surface area contributed by atoms with Crippen LogP contribution in [-0.2, 0) is 0 Å². The van der Waals surface area contributed by atoms with Gasteiger partial charge in [0.2, 0.25) is 0 Å². The minimum Gasteiger partial charge on any atom is -0.275 e. The van der Waals surface area contributed by atoms with Crippen molar-refractivity contribution >= 4 is 17.4 Å². The van der Waals surface area contributed by atoms with Crippen LogP contribution in [0.2, 0.25) is 0 Å². The van der Waals surface area contributed by atoms with Crippen LogP contribution in [-0.4, -0.2) is 6.03 Å². The van der Waals surface area contributed by atoms with Crippen molar-refractivity contribution in [1.82, 2.24) is 10.9 Å². The molecule has 2 amide bonds. The maximum absolute atomic E-state index is 11.4. The highest BCUT2D eigenvalue weighted by Crippen LogP contribution is 2.22. The minimum absolute atomic E-state index is 0.484. The van der Waals surface area contributed by atoms with Crippen LogP contribution in [0.1, 0.15) is 0 Å². The zero-order valence-corrected chi connectivity index (χ0v) is 9.71. The van der Waals surface area contributed by atoms with Crippen LogP contribution in [0.25, 0.3) is 0 Å².